The number of sulfonamides is 1. The van der Waals surface area contributed by atoms with Gasteiger partial charge in [0, 0.05) is 32.0 Å². The third-order valence-electron chi connectivity index (χ3n) is 7.89. The number of benzene rings is 3. The van der Waals surface area contributed by atoms with Crippen LogP contribution in [0.25, 0.3) is 0 Å². The standard InChI is InChI=1S/C32H35N3O5S/c1-23-15-17-25(18-16-23)22-34(28(21-24-9-3-2-4-10-24)31(37)33-26-11-5-6-12-26)30(36)19-20-35-32(38)27-13-7-8-14-29(27)41(35,39)40/h2-4,7-10,13-18,26,28H,5-6,11-12,19-22H2,1H3,(H,33,37)/t28-/m1/s1. The lowest BCUT2D eigenvalue weighted by atomic mass is 10.0. The van der Waals surface area contributed by atoms with Crippen molar-refractivity contribution in [3.05, 3.63) is 101 Å². The van der Waals surface area contributed by atoms with Crippen molar-refractivity contribution >= 4 is 27.7 Å². The first kappa shape index (κ1) is 28.5. The normalized spacial score (nSPS) is 16.8. The smallest absolute Gasteiger partial charge is 0.269 e. The molecule has 214 valence electrons. The molecule has 0 unspecified atom stereocenters. The van der Waals surface area contributed by atoms with E-state index in [2.05, 4.69) is 5.32 Å². The summed E-state index contributed by atoms with van der Waals surface area (Å²) in [5.74, 6) is -1.26. The summed E-state index contributed by atoms with van der Waals surface area (Å²) in [6.45, 7) is 1.85. The van der Waals surface area contributed by atoms with E-state index in [9.17, 15) is 22.8 Å². The van der Waals surface area contributed by atoms with Gasteiger partial charge >= 0.3 is 0 Å². The van der Waals surface area contributed by atoms with E-state index in [4.69, 9.17) is 0 Å². The molecule has 0 radical (unpaired) electrons. The maximum Gasteiger partial charge on any atom is 0.269 e. The molecular formula is C32H35N3O5S. The van der Waals surface area contributed by atoms with Gasteiger partial charge in [0.05, 0.1) is 5.56 Å². The maximum atomic E-state index is 13.9. The number of carbonyl (C=O) groups is 3. The summed E-state index contributed by atoms with van der Waals surface area (Å²) >= 11 is 0. The van der Waals surface area contributed by atoms with Crippen LogP contribution >= 0.6 is 0 Å². The van der Waals surface area contributed by atoms with Crippen LogP contribution in [0.4, 0.5) is 0 Å². The number of fused-ring (bicyclic) bond motifs is 1. The van der Waals surface area contributed by atoms with Crippen LogP contribution in [0.1, 0.15) is 59.2 Å². The van der Waals surface area contributed by atoms with Gasteiger partial charge in [0.1, 0.15) is 10.9 Å². The molecular weight excluding hydrogens is 538 g/mol. The monoisotopic (exact) mass is 573 g/mol. The molecule has 2 aliphatic rings. The molecule has 3 aromatic rings. The van der Waals surface area contributed by atoms with Crippen molar-refractivity contribution in [2.45, 2.75) is 69.0 Å². The van der Waals surface area contributed by atoms with Crippen LogP contribution in [0.5, 0.6) is 0 Å². The van der Waals surface area contributed by atoms with Crippen molar-refractivity contribution < 1.29 is 22.8 Å². The minimum Gasteiger partial charge on any atom is -0.352 e. The topological polar surface area (TPSA) is 104 Å². The second-order valence-electron chi connectivity index (χ2n) is 10.8. The zero-order chi connectivity index (χ0) is 29.0. The highest BCUT2D eigenvalue weighted by Crippen LogP contribution is 2.30. The Morgan fingerprint density at radius 3 is 2.27 bits per heavy atom. The van der Waals surface area contributed by atoms with Crippen molar-refractivity contribution in [2.75, 3.05) is 6.54 Å². The summed E-state index contributed by atoms with van der Waals surface area (Å²) < 4.78 is 27.0. The van der Waals surface area contributed by atoms with Gasteiger partial charge in [-0.25, -0.2) is 12.7 Å². The van der Waals surface area contributed by atoms with Gasteiger partial charge in [0.15, 0.2) is 0 Å². The summed E-state index contributed by atoms with van der Waals surface area (Å²) in [4.78, 5) is 42.2. The molecule has 1 aliphatic heterocycles. The summed E-state index contributed by atoms with van der Waals surface area (Å²) in [6.07, 6.45) is 3.99. The lowest BCUT2D eigenvalue weighted by Crippen LogP contribution is -2.52. The molecule has 1 saturated carbocycles. The number of rotatable bonds is 10. The van der Waals surface area contributed by atoms with Crippen LogP contribution < -0.4 is 5.32 Å². The third-order valence-corrected chi connectivity index (χ3v) is 9.73. The molecule has 0 aromatic heterocycles. The molecule has 1 heterocycles. The van der Waals surface area contributed by atoms with Crippen LogP contribution in [0.15, 0.2) is 83.8 Å². The predicted molar refractivity (Wildman–Crippen MR) is 155 cm³/mol. The zero-order valence-electron chi connectivity index (χ0n) is 23.2. The number of nitrogens with zero attached hydrogens (tertiary/aromatic N) is 2. The second kappa shape index (κ2) is 12.3. The largest absolute Gasteiger partial charge is 0.352 e. The van der Waals surface area contributed by atoms with Gasteiger partial charge < -0.3 is 10.2 Å². The van der Waals surface area contributed by atoms with Gasteiger partial charge in [0.2, 0.25) is 11.8 Å². The number of carbonyl (C=O) groups excluding carboxylic acids is 3. The molecule has 1 aliphatic carbocycles. The van der Waals surface area contributed by atoms with E-state index < -0.39 is 27.9 Å². The maximum absolute atomic E-state index is 13.9. The Labute approximate surface area is 241 Å². The number of hydrogen-bond donors (Lipinski definition) is 1. The molecule has 41 heavy (non-hydrogen) atoms. The Hall–Kier alpha value is -3.98. The molecule has 1 N–H and O–H groups in total. The van der Waals surface area contributed by atoms with Crippen LogP contribution in [0.3, 0.4) is 0 Å². The average Bonchev–Trinajstić information content (AvgIpc) is 3.55. The van der Waals surface area contributed by atoms with Crippen molar-refractivity contribution in [1.82, 2.24) is 14.5 Å². The number of amides is 3. The van der Waals surface area contributed by atoms with Crippen molar-refractivity contribution in [3.63, 3.8) is 0 Å². The van der Waals surface area contributed by atoms with Crippen molar-refractivity contribution in [2.24, 2.45) is 0 Å². The quantitative estimate of drug-likeness (QED) is 0.391. The summed E-state index contributed by atoms with van der Waals surface area (Å²) in [7, 11) is -4.05. The highest BCUT2D eigenvalue weighted by molar-refractivity contribution is 7.90. The van der Waals surface area contributed by atoms with Gasteiger partial charge in [-0.1, -0.05) is 85.1 Å². The lowest BCUT2D eigenvalue weighted by Gasteiger charge is -2.33. The fraction of sp³-hybridized carbons (Fsp3) is 0.344. The van der Waals surface area contributed by atoms with Gasteiger partial charge in [-0.05, 0) is 43.0 Å². The van der Waals surface area contributed by atoms with Crippen molar-refractivity contribution in [3.8, 4) is 0 Å². The van der Waals surface area contributed by atoms with Crippen molar-refractivity contribution in [1.29, 1.82) is 0 Å². The molecule has 3 aromatic carbocycles. The van der Waals surface area contributed by atoms with E-state index >= 15 is 0 Å². The Bertz CT molecular complexity index is 1520. The van der Waals surface area contributed by atoms with E-state index in [0.29, 0.717) is 6.42 Å². The predicted octanol–water partition coefficient (Wildman–Crippen LogP) is 4.23. The van der Waals surface area contributed by atoms with E-state index in [0.717, 1.165) is 46.7 Å². The molecule has 0 saturated heterocycles. The fourth-order valence-electron chi connectivity index (χ4n) is 5.60. The molecule has 1 atom stereocenters. The Morgan fingerprint density at radius 2 is 1.59 bits per heavy atom. The molecule has 1 fully saturated rings. The van der Waals surface area contributed by atoms with E-state index in [1.807, 2.05) is 61.5 Å². The number of aryl methyl sites for hydroxylation is 1. The summed E-state index contributed by atoms with van der Waals surface area (Å²) in [6, 6.07) is 22.6. The Kier molecular flexibility index (Phi) is 8.54. The van der Waals surface area contributed by atoms with Crippen LogP contribution in [0.2, 0.25) is 0 Å². The van der Waals surface area contributed by atoms with Gasteiger partial charge in [-0.15, -0.1) is 0 Å². The zero-order valence-corrected chi connectivity index (χ0v) is 24.0. The second-order valence-corrected chi connectivity index (χ2v) is 12.7. The van der Waals surface area contributed by atoms with Crippen LogP contribution in [-0.2, 0) is 32.6 Å². The Balaban J connectivity index is 1.42. The van der Waals surface area contributed by atoms with Gasteiger partial charge in [-0.2, -0.15) is 0 Å². The van der Waals surface area contributed by atoms with E-state index in [-0.39, 0.29) is 41.9 Å². The molecule has 3 amide bonds. The lowest BCUT2D eigenvalue weighted by molar-refractivity contribution is -0.141. The highest BCUT2D eigenvalue weighted by atomic mass is 32.2. The van der Waals surface area contributed by atoms with Crippen LogP contribution in [0, 0.1) is 6.92 Å². The molecule has 8 nitrogen and oxygen atoms in total. The van der Waals surface area contributed by atoms with Crippen LogP contribution in [-0.4, -0.2) is 54.0 Å². The highest BCUT2D eigenvalue weighted by Gasteiger charge is 2.41. The minimum absolute atomic E-state index is 0.0492. The van der Waals surface area contributed by atoms with Gasteiger partial charge in [-0.3, -0.25) is 14.4 Å². The molecule has 5 rings (SSSR count). The molecule has 0 spiro atoms. The van der Waals surface area contributed by atoms with Gasteiger partial charge in [0.25, 0.3) is 15.9 Å². The van der Waals surface area contributed by atoms with E-state index in [1.165, 1.54) is 12.1 Å². The minimum atomic E-state index is -4.05. The first-order valence-corrected chi connectivity index (χ1v) is 15.5. The Morgan fingerprint density at radius 1 is 0.927 bits per heavy atom. The summed E-state index contributed by atoms with van der Waals surface area (Å²) in [5.41, 5.74) is 2.94. The first-order valence-electron chi connectivity index (χ1n) is 14.1. The molecule has 9 heteroatoms. The SMILES string of the molecule is Cc1ccc(CN(C(=O)CCN2C(=O)c3ccccc3S2(=O)=O)[C@H](Cc2ccccc2)C(=O)NC2CCCC2)cc1. The number of hydrogen-bond acceptors (Lipinski definition) is 5. The third kappa shape index (κ3) is 6.35. The average molecular weight is 574 g/mol. The molecule has 0 bridgehead atoms. The summed E-state index contributed by atoms with van der Waals surface area (Å²) in [5, 5.41) is 3.17. The number of nitrogens with one attached hydrogen (secondary N) is 1. The van der Waals surface area contributed by atoms with E-state index in [1.54, 1.807) is 17.0 Å². The first-order chi connectivity index (χ1) is 19.7. The fourth-order valence-corrected chi connectivity index (χ4v) is 7.17.